The summed E-state index contributed by atoms with van der Waals surface area (Å²) >= 11 is 0. The van der Waals surface area contributed by atoms with Crippen molar-refractivity contribution in [2.75, 3.05) is 6.61 Å². The summed E-state index contributed by atoms with van der Waals surface area (Å²) in [5.74, 6) is 1.20. The van der Waals surface area contributed by atoms with E-state index in [1.54, 1.807) is 18.2 Å². The molecule has 0 aliphatic heterocycles. The summed E-state index contributed by atoms with van der Waals surface area (Å²) in [4.78, 5) is 4.37. The van der Waals surface area contributed by atoms with Crippen molar-refractivity contribution in [2.45, 2.75) is 25.2 Å². The van der Waals surface area contributed by atoms with Crippen LogP contribution in [0.2, 0.25) is 0 Å². The lowest BCUT2D eigenvalue weighted by molar-refractivity contribution is 0.344. The number of rotatable bonds is 5. The molecule has 0 saturated heterocycles. The van der Waals surface area contributed by atoms with E-state index in [9.17, 15) is 8.42 Å². The summed E-state index contributed by atoms with van der Waals surface area (Å²) in [6, 6.07) is 10.7. The molecule has 0 bridgehead atoms. The van der Waals surface area contributed by atoms with Crippen molar-refractivity contribution < 1.29 is 13.2 Å². The fourth-order valence-electron chi connectivity index (χ4n) is 2.64. The van der Waals surface area contributed by atoms with Crippen LogP contribution in [0.5, 0.6) is 5.75 Å². The Balaban J connectivity index is 2.27. The van der Waals surface area contributed by atoms with Crippen LogP contribution in [0.3, 0.4) is 0 Å². The van der Waals surface area contributed by atoms with Gasteiger partial charge in [0.15, 0.2) is 0 Å². The van der Waals surface area contributed by atoms with Crippen LogP contribution in [-0.2, 0) is 16.4 Å². The van der Waals surface area contributed by atoms with E-state index in [2.05, 4.69) is 4.98 Å². The van der Waals surface area contributed by atoms with Gasteiger partial charge in [-0.1, -0.05) is 31.2 Å². The lowest BCUT2D eigenvalue weighted by atomic mass is 10.1. The maximum Gasteiger partial charge on any atom is 0.269 e. The standard InChI is InChI=1S/C17H18N2O3S/c1-3-17-18-11-12-19(17)23(20,21)16-10-9-15(22-4-2)13-7-5-6-8-14(13)16/h5-12H,3-4H2,1-2H3. The smallest absolute Gasteiger partial charge is 0.269 e. The fourth-order valence-corrected chi connectivity index (χ4v) is 4.22. The topological polar surface area (TPSA) is 61.2 Å². The first-order chi connectivity index (χ1) is 11.1. The van der Waals surface area contributed by atoms with Gasteiger partial charge in [0.25, 0.3) is 10.0 Å². The Morgan fingerprint density at radius 3 is 2.52 bits per heavy atom. The quantitative estimate of drug-likeness (QED) is 0.720. The molecule has 23 heavy (non-hydrogen) atoms. The normalized spacial score (nSPS) is 11.7. The van der Waals surface area contributed by atoms with Crippen LogP contribution in [0, 0.1) is 0 Å². The summed E-state index contributed by atoms with van der Waals surface area (Å²) in [5, 5.41) is 1.43. The molecule has 0 N–H and O–H groups in total. The van der Waals surface area contributed by atoms with Crippen LogP contribution in [-0.4, -0.2) is 24.0 Å². The molecule has 0 amide bonds. The first-order valence-electron chi connectivity index (χ1n) is 7.52. The molecule has 5 nitrogen and oxygen atoms in total. The number of ether oxygens (including phenoxy) is 1. The molecule has 3 aromatic rings. The van der Waals surface area contributed by atoms with Gasteiger partial charge < -0.3 is 4.74 Å². The highest BCUT2D eigenvalue weighted by Gasteiger charge is 2.23. The fraction of sp³-hybridized carbons (Fsp3) is 0.235. The number of benzene rings is 2. The number of imidazole rings is 1. The van der Waals surface area contributed by atoms with E-state index in [0.717, 1.165) is 5.39 Å². The Morgan fingerprint density at radius 1 is 1.09 bits per heavy atom. The van der Waals surface area contributed by atoms with Crippen LogP contribution in [0.1, 0.15) is 19.7 Å². The first-order valence-corrected chi connectivity index (χ1v) is 8.96. The van der Waals surface area contributed by atoms with Crippen LogP contribution in [0.25, 0.3) is 10.8 Å². The minimum Gasteiger partial charge on any atom is -0.493 e. The lowest BCUT2D eigenvalue weighted by Gasteiger charge is -2.13. The van der Waals surface area contributed by atoms with Crippen LogP contribution in [0.15, 0.2) is 53.7 Å². The van der Waals surface area contributed by atoms with Crippen molar-refractivity contribution in [2.24, 2.45) is 0 Å². The Bertz CT molecular complexity index is 945. The Kier molecular flexibility index (Phi) is 4.09. The van der Waals surface area contributed by atoms with E-state index in [0.29, 0.717) is 30.0 Å². The van der Waals surface area contributed by atoms with Gasteiger partial charge in [-0.15, -0.1) is 0 Å². The van der Waals surface area contributed by atoms with Gasteiger partial charge in [0.05, 0.1) is 11.5 Å². The highest BCUT2D eigenvalue weighted by molar-refractivity contribution is 7.90. The molecule has 0 atom stereocenters. The average molecular weight is 330 g/mol. The molecule has 1 heterocycles. The second kappa shape index (κ2) is 6.04. The van der Waals surface area contributed by atoms with Crippen LogP contribution in [0.4, 0.5) is 0 Å². The molecular weight excluding hydrogens is 312 g/mol. The van der Waals surface area contributed by atoms with Crippen molar-refractivity contribution in [3.05, 3.63) is 54.6 Å². The third-order valence-corrected chi connectivity index (χ3v) is 5.44. The molecule has 120 valence electrons. The Labute approximate surface area is 135 Å². The second-order valence-corrected chi connectivity index (χ2v) is 6.82. The number of nitrogens with zero attached hydrogens (tertiary/aromatic N) is 2. The maximum absolute atomic E-state index is 13.0. The molecule has 0 aliphatic rings. The molecule has 1 aromatic heterocycles. The number of hydrogen-bond donors (Lipinski definition) is 0. The summed E-state index contributed by atoms with van der Waals surface area (Å²) < 4.78 is 32.9. The third-order valence-electron chi connectivity index (χ3n) is 3.68. The highest BCUT2D eigenvalue weighted by Crippen LogP contribution is 2.32. The molecule has 0 spiro atoms. The van der Waals surface area contributed by atoms with Gasteiger partial charge in [0.2, 0.25) is 0 Å². The number of hydrogen-bond acceptors (Lipinski definition) is 4. The highest BCUT2D eigenvalue weighted by atomic mass is 32.2. The molecule has 0 radical (unpaired) electrons. The average Bonchev–Trinajstić information content (AvgIpc) is 3.05. The van der Waals surface area contributed by atoms with Gasteiger partial charge in [-0.2, -0.15) is 0 Å². The monoisotopic (exact) mass is 330 g/mol. The summed E-state index contributed by atoms with van der Waals surface area (Å²) in [6.45, 7) is 4.31. The number of aryl methyl sites for hydroxylation is 1. The van der Waals surface area contributed by atoms with Gasteiger partial charge in [-0.05, 0) is 19.1 Å². The van der Waals surface area contributed by atoms with Gasteiger partial charge in [-0.3, -0.25) is 0 Å². The predicted molar refractivity (Wildman–Crippen MR) is 89.3 cm³/mol. The molecule has 0 aliphatic carbocycles. The molecular formula is C17H18N2O3S. The van der Waals surface area contributed by atoms with Crippen molar-refractivity contribution >= 4 is 20.8 Å². The van der Waals surface area contributed by atoms with E-state index in [1.807, 2.05) is 32.0 Å². The summed E-state index contributed by atoms with van der Waals surface area (Å²) in [7, 11) is -3.70. The minimum atomic E-state index is -3.70. The van der Waals surface area contributed by atoms with Gasteiger partial charge in [0.1, 0.15) is 11.6 Å². The van der Waals surface area contributed by atoms with E-state index in [-0.39, 0.29) is 4.90 Å². The van der Waals surface area contributed by atoms with Crippen molar-refractivity contribution in [3.63, 3.8) is 0 Å². The third kappa shape index (κ3) is 2.59. The lowest BCUT2D eigenvalue weighted by Crippen LogP contribution is -2.15. The molecule has 6 heteroatoms. The van der Waals surface area contributed by atoms with Crippen molar-refractivity contribution in [3.8, 4) is 5.75 Å². The van der Waals surface area contributed by atoms with Crippen molar-refractivity contribution in [1.29, 1.82) is 0 Å². The van der Waals surface area contributed by atoms with E-state index in [4.69, 9.17) is 4.74 Å². The van der Waals surface area contributed by atoms with E-state index >= 15 is 0 Å². The molecule has 0 saturated carbocycles. The minimum absolute atomic E-state index is 0.254. The van der Waals surface area contributed by atoms with Gasteiger partial charge in [0, 0.05) is 29.6 Å². The zero-order valence-electron chi connectivity index (χ0n) is 13.1. The molecule has 0 fully saturated rings. The van der Waals surface area contributed by atoms with Crippen LogP contribution >= 0.6 is 0 Å². The number of fused-ring (bicyclic) bond motifs is 1. The van der Waals surface area contributed by atoms with Crippen molar-refractivity contribution in [1.82, 2.24) is 8.96 Å². The molecule has 0 unspecified atom stereocenters. The van der Waals surface area contributed by atoms with Gasteiger partial charge >= 0.3 is 0 Å². The Hall–Kier alpha value is -2.34. The SMILES string of the molecule is CCOc1ccc(S(=O)(=O)n2ccnc2CC)c2ccccc12. The maximum atomic E-state index is 13.0. The first kappa shape index (κ1) is 15.6. The van der Waals surface area contributed by atoms with Crippen LogP contribution < -0.4 is 4.74 Å². The Morgan fingerprint density at radius 2 is 1.83 bits per heavy atom. The zero-order valence-corrected chi connectivity index (χ0v) is 13.9. The summed E-state index contributed by atoms with van der Waals surface area (Å²) in [5.41, 5.74) is 0. The number of aromatic nitrogens is 2. The molecule has 2 aromatic carbocycles. The summed E-state index contributed by atoms with van der Waals surface area (Å²) in [6.07, 6.45) is 3.54. The van der Waals surface area contributed by atoms with E-state index < -0.39 is 10.0 Å². The zero-order chi connectivity index (χ0) is 16.4. The predicted octanol–water partition coefficient (Wildman–Crippen LogP) is 3.23. The molecule has 3 rings (SSSR count). The second-order valence-electron chi connectivity index (χ2n) is 5.04. The van der Waals surface area contributed by atoms with Gasteiger partial charge in [-0.25, -0.2) is 17.4 Å². The van der Waals surface area contributed by atoms with E-state index in [1.165, 1.54) is 16.4 Å². The largest absolute Gasteiger partial charge is 0.493 e.